The Morgan fingerprint density at radius 3 is 2.49 bits per heavy atom. The van der Waals surface area contributed by atoms with Crippen molar-refractivity contribution in [2.75, 3.05) is 0 Å². The Labute approximate surface area is 214 Å². The fraction of sp³-hybridized carbons (Fsp3) is 0.250. The lowest BCUT2D eigenvalue weighted by molar-refractivity contribution is -0.128. The molecule has 2 aromatic heterocycles. The third-order valence-corrected chi connectivity index (χ3v) is 5.83. The molecule has 37 heavy (non-hydrogen) atoms. The van der Waals surface area contributed by atoms with Crippen LogP contribution < -0.4 is 15.8 Å². The van der Waals surface area contributed by atoms with Crippen LogP contribution in [0.1, 0.15) is 43.1 Å². The lowest BCUT2D eigenvalue weighted by Gasteiger charge is -2.34. The number of ether oxygens (including phenoxy) is 1. The van der Waals surface area contributed by atoms with E-state index >= 15 is 0 Å². The van der Waals surface area contributed by atoms with Gasteiger partial charge >= 0.3 is 5.76 Å². The molecule has 0 aliphatic carbocycles. The van der Waals surface area contributed by atoms with Crippen molar-refractivity contribution in [3.8, 4) is 17.3 Å². The molecule has 0 bridgehead atoms. The zero-order chi connectivity index (χ0) is 26.4. The Hall–Kier alpha value is -4.53. The maximum absolute atomic E-state index is 13.5. The van der Waals surface area contributed by atoms with Gasteiger partial charge in [-0.2, -0.15) is 0 Å². The van der Waals surface area contributed by atoms with Gasteiger partial charge in [-0.1, -0.05) is 61.5 Å². The highest BCUT2D eigenvalue weighted by atomic mass is 16.5. The second kappa shape index (κ2) is 11.0. The van der Waals surface area contributed by atoms with Gasteiger partial charge in [-0.05, 0) is 55.2 Å². The van der Waals surface area contributed by atoms with Gasteiger partial charge in [0, 0.05) is 11.8 Å². The molecule has 9 nitrogen and oxygen atoms in total. The predicted octanol–water partition coefficient (Wildman–Crippen LogP) is 4.20. The van der Waals surface area contributed by atoms with Gasteiger partial charge in [0.25, 0.3) is 5.91 Å². The van der Waals surface area contributed by atoms with Crippen molar-refractivity contribution in [1.29, 1.82) is 0 Å². The van der Waals surface area contributed by atoms with Crippen LogP contribution in [0, 0.1) is 5.92 Å². The molecule has 2 heterocycles. The molecule has 9 heteroatoms. The van der Waals surface area contributed by atoms with Crippen molar-refractivity contribution in [2.45, 2.75) is 39.5 Å². The number of rotatable bonds is 10. The van der Waals surface area contributed by atoms with Crippen molar-refractivity contribution in [2.24, 2.45) is 5.92 Å². The average molecular weight is 501 g/mol. The number of benzene rings is 2. The number of amides is 1. The lowest BCUT2D eigenvalue weighted by Crippen LogP contribution is -2.59. The quantitative estimate of drug-likeness (QED) is 0.347. The number of carbonyl (C=O) groups excluding carboxylic acids is 2. The molecular formula is C28H28N4O5. The standard InChI is InChI=1S/C28H28N4O5/c1-19(2)17-28(20(3)33,32-25(31-37-27(32)35)24-14-7-8-15-29-24)30-26(34)22-12-9-13-23(16-22)36-18-21-10-5-4-6-11-21/h4-16,19H,17-18H2,1-3H3,(H,30,34). The molecule has 0 radical (unpaired) electrons. The fourth-order valence-electron chi connectivity index (χ4n) is 4.15. The summed E-state index contributed by atoms with van der Waals surface area (Å²) < 4.78 is 11.9. The Morgan fingerprint density at radius 1 is 1.05 bits per heavy atom. The van der Waals surface area contributed by atoms with Crippen LogP contribution in [0.25, 0.3) is 11.5 Å². The van der Waals surface area contributed by atoms with E-state index in [1.165, 1.54) is 13.1 Å². The topological polar surface area (TPSA) is 116 Å². The minimum atomic E-state index is -1.75. The summed E-state index contributed by atoms with van der Waals surface area (Å²) >= 11 is 0. The van der Waals surface area contributed by atoms with Crippen molar-refractivity contribution in [3.63, 3.8) is 0 Å². The number of hydrogen-bond donors (Lipinski definition) is 1. The van der Waals surface area contributed by atoms with E-state index in [1.54, 1.807) is 42.5 Å². The number of ketones is 1. The summed E-state index contributed by atoms with van der Waals surface area (Å²) in [6.07, 6.45) is 1.66. The summed E-state index contributed by atoms with van der Waals surface area (Å²) in [5.41, 5.74) is -0.174. The Morgan fingerprint density at radius 2 is 1.81 bits per heavy atom. The lowest BCUT2D eigenvalue weighted by atomic mass is 9.92. The molecule has 0 saturated carbocycles. The first-order chi connectivity index (χ1) is 17.8. The highest BCUT2D eigenvalue weighted by Gasteiger charge is 2.44. The van der Waals surface area contributed by atoms with Crippen LogP contribution in [0.4, 0.5) is 0 Å². The van der Waals surface area contributed by atoms with Crippen LogP contribution in [-0.2, 0) is 17.1 Å². The van der Waals surface area contributed by atoms with E-state index in [1.807, 2.05) is 44.2 Å². The van der Waals surface area contributed by atoms with E-state index < -0.39 is 23.1 Å². The van der Waals surface area contributed by atoms with Crippen molar-refractivity contribution in [1.82, 2.24) is 20.0 Å². The number of carbonyl (C=O) groups is 2. The van der Waals surface area contributed by atoms with Crippen molar-refractivity contribution in [3.05, 3.63) is 101 Å². The largest absolute Gasteiger partial charge is 0.489 e. The average Bonchev–Trinajstić information content (AvgIpc) is 3.29. The molecule has 1 unspecified atom stereocenters. The Kier molecular flexibility index (Phi) is 7.62. The normalized spacial score (nSPS) is 12.6. The summed E-state index contributed by atoms with van der Waals surface area (Å²) in [5.74, 6) is -1.43. The molecule has 2 aromatic carbocycles. The van der Waals surface area contributed by atoms with Crippen LogP contribution >= 0.6 is 0 Å². The zero-order valence-electron chi connectivity index (χ0n) is 20.9. The van der Waals surface area contributed by atoms with Crippen molar-refractivity contribution >= 4 is 11.7 Å². The van der Waals surface area contributed by atoms with Crippen LogP contribution in [0.5, 0.6) is 5.75 Å². The molecule has 0 spiro atoms. The molecule has 190 valence electrons. The number of Topliss-reactive ketones (excluding diaryl/α,β-unsaturated/α-hetero) is 1. The van der Waals surface area contributed by atoms with Crippen LogP contribution in [0.2, 0.25) is 0 Å². The molecule has 1 N–H and O–H groups in total. The number of nitrogens with one attached hydrogen (secondary N) is 1. The molecule has 1 atom stereocenters. The smallest absolute Gasteiger partial charge is 0.444 e. The Balaban J connectivity index is 1.70. The summed E-state index contributed by atoms with van der Waals surface area (Å²) in [7, 11) is 0. The van der Waals surface area contributed by atoms with Gasteiger partial charge in [0.2, 0.25) is 5.82 Å². The molecule has 4 aromatic rings. The minimum Gasteiger partial charge on any atom is -0.489 e. The van der Waals surface area contributed by atoms with E-state index in [4.69, 9.17) is 9.26 Å². The number of pyridine rings is 1. The van der Waals surface area contributed by atoms with Gasteiger partial charge in [0.1, 0.15) is 18.1 Å². The van der Waals surface area contributed by atoms with Gasteiger partial charge in [0.05, 0.1) is 0 Å². The van der Waals surface area contributed by atoms with E-state index in [9.17, 15) is 14.4 Å². The summed E-state index contributed by atoms with van der Waals surface area (Å²) in [5, 5.41) is 6.70. The number of nitrogens with zero attached hydrogens (tertiary/aromatic N) is 3. The van der Waals surface area contributed by atoms with Crippen LogP contribution in [-0.4, -0.2) is 26.4 Å². The van der Waals surface area contributed by atoms with Gasteiger partial charge in [-0.15, -0.1) is 0 Å². The first-order valence-corrected chi connectivity index (χ1v) is 11.9. The molecular weight excluding hydrogens is 472 g/mol. The number of aromatic nitrogens is 3. The monoisotopic (exact) mass is 500 g/mol. The number of hydrogen-bond acceptors (Lipinski definition) is 7. The molecule has 0 aliphatic heterocycles. The minimum absolute atomic E-state index is 0.0432. The van der Waals surface area contributed by atoms with E-state index in [0.29, 0.717) is 18.1 Å². The highest BCUT2D eigenvalue weighted by molar-refractivity contribution is 5.98. The van der Waals surface area contributed by atoms with Gasteiger partial charge in [0.15, 0.2) is 11.4 Å². The van der Waals surface area contributed by atoms with Gasteiger partial charge in [-0.3, -0.25) is 19.1 Å². The first-order valence-electron chi connectivity index (χ1n) is 11.9. The molecule has 0 saturated heterocycles. The third-order valence-electron chi connectivity index (χ3n) is 5.83. The maximum Gasteiger partial charge on any atom is 0.444 e. The summed E-state index contributed by atoms with van der Waals surface area (Å²) in [6.45, 7) is 5.44. The fourth-order valence-corrected chi connectivity index (χ4v) is 4.15. The second-order valence-corrected chi connectivity index (χ2v) is 9.09. The summed E-state index contributed by atoms with van der Waals surface area (Å²) in [6, 6.07) is 21.4. The van der Waals surface area contributed by atoms with E-state index in [-0.39, 0.29) is 23.7 Å². The Bertz CT molecular complexity index is 1430. The van der Waals surface area contributed by atoms with Crippen LogP contribution in [0.15, 0.2) is 88.3 Å². The maximum atomic E-state index is 13.5. The molecule has 0 fully saturated rings. The summed E-state index contributed by atoms with van der Waals surface area (Å²) in [4.78, 5) is 43.9. The molecule has 1 amide bonds. The van der Waals surface area contributed by atoms with Crippen LogP contribution in [0.3, 0.4) is 0 Å². The second-order valence-electron chi connectivity index (χ2n) is 9.09. The van der Waals surface area contributed by atoms with E-state index in [0.717, 1.165) is 10.1 Å². The van der Waals surface area contributed by atoms with Gasteiger partial charge in [-0.25, -0.2) is 9.36 Å². The first kappa shape index (κ1) is 25.6. The zero-order valence-corrected chi connectivity index (χ0v) is 20.9. The molecule has 0 aliphatic rings. The van der Waals surface area contributed by atoms with Gasteiger partial charge < -0.3 is 10.1 Å². The highest BCUT2D eigenvalue weighted by Crippen LogP contribution is 2.28. The van der Waals surface area contributed by atoms with Crippen molar-refractivity contribution < 1.29 is 18.8 Å². The molecule has 4 rings (SSSR count). The predicted molar refractivity (Wildman–Crippen MR) is 137 cm³/mol. The SMILES string of the molecule is CC(=O)C(CC(C)C)(NC(=O)c1cccc(OCc2ccccc2)c1)n1c(-c2ccccn2)noc1=O. The van der Waals surface area contributed by atoms with E-state index in [2.05, 4.69) is 15.5 Å². The third kappa shape index (κ3) is 5.66.